The standard InChI is InChI=1S/C26H30N2O6/c1-27(25(31)10-17-5-6-18-11-22(30)12-20(18)9-17)24(15-28-8-7-21(29)14-28)19-3-2-4-23(13-19)34-16-26(32)33/h2-6,9,13,21,24,29H,7-8,10-12,14-16H2,1H3,(H,32,33)/t21-,24?/m1/s1. The van der Waals surface area contributed by atoms with Gasteiger partial charge in [0.15, 0.2) is 6.61 Å². The Hall–Kier alpha value is -3.23. The topological polar surface area (TPSA) is 107 Å². The van der Waals surface area contributed by atoms with E-state index in [4.69, 9.17) is 9.84 Å². The number of hydrogen-bond donors (Lipinski definition) is 2. The van der Waals surface area contributed by atoms with Crippen molar-refractivity contribution in [2.24, 2.45) is 0 Å². The van der Waals surface area contributed by atoms with Crippen molar-refractivity contribution in [1.82, 2.24) is 9.80 Å². The van der Waals surface area contributed by atoms with Crippen LogP contribution in [0.25, 0.3) is 0 Å². The van der Waals surface area contributed by atoms with E-state index < -0.39 is 12.6 Å². The van der Waals surface area contributed by atoms with Crippen molar-refractivity contribution >= 4 is 17.7 Å². The summed E-state index contributed by atoms with van der Waals surface area (Å²) in [6.07, 6.45) is 1.43. The first-order valence-corrected chi connectivity index (χ1v) is 11.5. The van der Waals surface area contributed by atoms with E-state index in [9.17, 15) is 19.5 Å². The molecule has 0 aromatic heterocycles. The van der Waals surface area contributed by atoms with E-state index in [0.717, 1.165) is 28.8 Å². The number of nitrogens with zero attached hydrogens (tertiary/aromatic N) is 2. The van der Waals surface area contributed by atoms with Crippen molar-refractivity contribution in [2.45, 2.75) is 37.8 Å². The fourth-order valence-electron chi connectivity index (χ4n) is 4.72. The molecule has 2 aromatic carbocycles. The minimum absolute atomic E-state index is 0.0640. The Labute approximate surface area is 198 Å². The van der Waals surface area contributed by atoms with Gasteiger partial charge in [0.2, 0.25) is 5.91 Å². The number of carboxylic acid groups (broad SMARTS) is 1. The van der Waals surface area contributed by atoms with Gasteiger partial charge in [0.25, 0.3) is 0 Å². The lowest BCUT2D eigenvalue weighted by molar-refractivity contribution is -0.139. The van der Waals surface area contributed by atoms with Crippen LogP contribution in [0.2, 0.25) is 0 Å². The number of ether oxygens (including phenoxy) is 1. The minimum Gasteiger partial charge on any atom is -0.482 e. The van der Waals surface area contributed by atoms with Crippen LogP contribution in [-0.4, -0.2) is 77.1 Å². The molecule has 1 aliphatic carbocycles. The summed E-state index contributed by atoms with van der Waals surface area (Å²) >= 11 is 0. The van der Waals surface area contributed by atoms with Crippen LogP contribution >= 0.6 is 0 Å². The summed E-state index contributed by atoms with van der Waals surface area (Å²) in [7, 11) is 1.77. The second-order valence-electron chi connectivity index (χ2n) is 9.15. The number of likely N-dealkylation sites (tertiary alicyclic amines) is 1. The molecule has 1 saturated heterocycles. The van der Waals surface area contributed by atoms with E-state index >= 15 is 0 Å². The highest BCUT2D eigenvalue weighted by atomic mass is 16.5. The first-order chi connectivity index (χ1) is 16.3. The Morgan fingerprint density at radius 3 is 2.71 bits per heavy atom. The maximum atomic E-state index is 13.3. The van der Waals surface area contributed by atoms with Crippen LogP contribution in [0.15, 0.2) is 42.5 Å². The van der Waals surface area contributed by atoms with Gasteiger partial charge in [-0.25, -0.2) is 4.79 Å². The van der Waals surface area contributed by atoms with Crippen LogP contribution in [-0.2, 0) is 33.6 Å². The van der Waals surface area contributed by atoms with Gasteiger partial charge in [0.1, 0.15) is 11.5 Å². The number of carbonyl (C=O) groups is 3. The number of aliphatic carboxylic acids is 1. The van der Waals surface area contributed by atoms with E-state index in [1.54, 1.807) is 30.1 Å². The Bertz CT molecular complexity index is 1080. The number of hydrogen-bond acceptors (Lipinski definition) is 6. The normalized spacial score (nSPS) is 18.5. The molecule has 1 unspecified atom stereocenters. The van der Waals surface area contributed by atoms with E-state index in [2.05, 4.69) is 4.90 Å². The van der Waals surface area contributed by atoms with Gasteiger partial charge < -0.3 is 19.8 Å². The number of fused-ring (bicyclic) bond motifs is 1. The SMILES string of the molecule is CN(C(=O)Cc1ccc2c(c1)CC(=O)C2)C(CN1CC[C@@H](O)C1)c1cccc(OCC(=O)O)c1. The van der Waals surface area contributed by atoms with Crippen molar-refractivity contribution in [1.29, 1.82) is 0 Å². The van der Waals surface area contributed by atoms with Crippen LogP contribution < -0.4 is 4.74 Å². The number of likely N-dealkylation sites (N-methyl/N-ethyl adjacent to an activating group) is 1. The molecular weight excluding hydrogens is 436 g/mol. The van der Waals surface area contributed by atoms with Gasteiger partial charge in [-0.05, 0) is 40.8 Å². The lowest BCUT2D eigenvalue weighted by atomic mass is 10.0. The van der Waals surface area contributed by atoms with Crippen molar-refractivity contribution in [3.05, 3.63) is 64.7 Å². The van der Waals surface area contributed by atoms with Gasteiger partial charge in [0, 0.05) is 39.5 Å². The van der Waals surface area contributed by atoms with Gasteiger partial charge >= 0.3 is 5.97 Å². The molecule has 0 radical (unpaired) electrons. The molecule has 4 rings (SSSR count). The van der Waals surface area contributed by atoms with Gasteiger partial charge in [-0.3, -0.25) is 14.5 Å². The molecule has 1 aliphatic heterocycles. The minimum atomic E-state index is -1.06. The number of carboxylic acids is 1. The molecule has 2 aromatic rings. The third-order valence-electron chi connectivity index (χ3n) is 6.55. The molecule has 2 N–H and O–H groups in total. The van der Waals surface area contributed by atoms with Crippen LogP contribution in [0.5, 0.6) is 5.75 Å². The number of aliphatic hydroxyl groups is 1. The van der Waals surface area contributed by atoms with Gasteiger partial charge in [-0.15, -0.1) is 0 Å². The molecule has 8 heteroatoms. The van der Waals surface area contributed by atoms with E-state index in [1.807, 2.05) is 24.3 Å². The zero-order valence-corrected chi connectivity index (χ0v) is 19.3. The number of Topliss-reactive ketones (excluding diaryl/α,β-unsaturated/α-hetero) is 1. The molecule has 0 bridgehead atoms. The summed E-state index contributed by atoms with van der Waals surface area (Å²) < 4.78 is 5.35. The Morgan fingerprint density at radius 2 is 1.97 bits per heavy atom. The molecule has 2 aliphatic rings. The second kappa shape index (κ2) is 10.4. The Balaban J connectivity index is 1.52. The van der Waals surface area contributed by atoms with Crippen LogP contribution in [0.3, 0.4) is 0 Å². The zero-order valence-electron chi connectivity index (χ0n) is 19.3. The predicted octanol–water partition coefficient (Wildman–Crippen LogP) is 1.63. The maximum absolute atomic E-state index is 13.3. The Kier molecular flexibility index (Phi) is 7.29. The average molecular weight is 467 g/mol. The molecule has 1 fully saturated rings. The number of amides is 1. The van der Waals surface area contributed by atoms with Gasteiger partial charge in [-0.2, -0.15) is 0 Å². The number of β-amino-alcohol motifs (C(OH)–C–C–N with tert-alkyl or cyclic N) is 1. The summed E-state index contributed by atoms with van der Waals surface area (Å²) in [4.78, 5) is 39.8. The molecule has 180 valence electrons. The Morgan fingerprint density at radius 1 is 1.18 bits per heavy atom. The third kappa shape index (κ3) is 5.81. The van der Waals surface area contributed by atoms with E-state index in [1.165, 1.54) is 0 Å². The fraction of sp³-hybridized carbons (Fsp3) is 0.423. The summed E-state index contributed by atoms with van der Waals surface area (Å²) in [5.41, 5.74) is 3.75. The fourth-order valence-corrected chi connectivity index (χ4v) is 4.72. The van der Waals surface area contributed by atoms with Crippen molar-refractivity contribution in [3.8, 4) is 5.75 Å². The van der Waals surface area contributed by atoms with Crippen LogP contribution in [0.4, 0.5) is 0 Å². The lowest BCUT2D eigenvalue weighted by Crippen LogP contribution is -2.39. The monoisotopic (exact) mass is 466 g/mol. The van der Waals surface area contributed by atoms with Crippen molar-refractivity contribution in [2.75, 3.05) is 33.3 Å². The summed E-state index contributed by atoms with van der Waals surface area (Å²) in [5, 5.41) is 18.9. The highest BCUT2D eigenvalue weighted by Gasteiger charge is 2.29. The molecule has 0 spiro atoms. The predicted molar refractivity (Wildman–Crippen MR) is 125 cm³/mol. The molecule has 0 saturated carbocycles. The van der Waals surface area contributed by atoms with Crippen LogP contribution in [0.1, 0.15) is 34.7 Å². The van der Waals surface area contributed by atoms with E-state index in [-0.39, 0.29) is 30.3 Å². The molecule has 1 heterocycles. The second-order valence-corrected chi connectivity index (χ2v) is 9.15. The maximum Gasteiger partial charge on any atom is 0.341 e. The summed E-state index contributed by atoms with van der Waals surface area (Å²) in [5.74, 6) is -0.494. The zero-order chi connectivity index (χ0) is 24.2. The van der Waals surface area contributed by atoms with Crippen molar-refractivity contribution in [3.63, 3.8) is 0 Å². The largest absolute Gasteiger partial charge is 0.482 e. The van der Waals surface area contributed by atoms with Crippen LogP contribution in [0, 0.1) is 0 Å². The number of rotatable bonds is 9. The molecule has 2 atom stereocenters. The smallest absolute Gasteiger partial charge is 0.341 e. The highest BCUT2D eigenvalue weighted by Crippen LogP contribution is 2.27. The molecular formula is C26H30N2O6. The summed E-state index contributed by atoms with van der Waals surface area (Å²) in [6.45, 7) is 1.39. The van der Waals surface area contributed by atoms with Crippen molar-refractivity contribution < 1.29 is 29.3 Å². The lowest BCUT2D eigenvalue weighted by Gasteiger charge is -2.32. The molecule has 8 nitrogen and oxygen atoms in total. The number of benzene rings is 2. The number of aliphatic hydroxyl groups excluding tert-OH is 1. The number of carbonyl (C=O) groups excluding carboxylic acids is 2. The number of ketones is 1. The first kappa shape index (κ1) is 23.9. The van der Waals surface area contributed by atoms with Gasteiger partial charge in [0.05, 0.1) is 18.6 Å². The molecule has 1 amide bonds. The quantitative estimate of drug-likeness (QED) is 0.578. The third-order valence-corrected chi connectivity index (χ3v) is 6.55. The molecule has 34 heavy (non-hydrogen) atoms. The van der Waals surface area contributed by atoms with E-state index in [0.29, 0.717) is 38.1 Å². The highest BCUT2D eigenvalue weighted by molar-refractivity contribution is 5.88. The van der Waals surface area contributed by atoms with Gasteiger partial charge in [-0.1, -0.05) is 30.3 Å². The average Bonchev–Trinajstić information content (AvgIpc) is 3.39. The summed E-state index contributed by atoms with van der Waals surface area (Å²) in [6, 6.07) is 12.6. The first-order valence-electron chi connectivity index (χ1n) is 11.5.